The first kappa shape index (κ1) is 17.8. The molecule has 1 fully saturated rings. The maximum atomic E-state index is 12.7. The quantitative estimate of drug-likeness (QED) is 0.851. The van der Waals surface area contributed by atoms with Crippen LogP contribution in [0.15, 0.2) is 48.5 Å². The number of rotatable bonds is 6. The highest BCUT2D eigenvalue weighted by Crippen LogP contribution is 2.26. The van der Waals surface area contributed by atoms with Crippen LogP contribution in [0.5, 0.6) is 5.75 Å². The van der Waals surface area contributed by atoms with Crippen LogP contribution in [0.2, 0.25) is 5.02 Å². The normalized spacial score (nSPS) is 15.8. The van der Waals surface area contributed by atoms with Crippen molar-refractivity contribution >= 4 is 17.5 Å². The van der Waals surface area contributed by atoms with Crippen LogP contribution in [0, 0.1) is 0 Å². The van der Waals surface area contributed by atoms with E-state index in [1.165, 1.54) is 18.4 Å². The molecule has 1 amide bonds. The fraction of sp³-hybridized carbons (Fsp3) is 0.350. The van der Waals surface area contributed by atoms with Gasteiger partial charge in [0, 0.05) is 11.6 Å². The van der Waals surface area contributed by atoms with Gasteiger partial charge in [-0.3, -0.25) is 9.69 Å². The standard InChI is InChI=1S/C20H23ClN2O2/c1-25-19-10-9-16(21)13-17(19)20(24)22-14-18(23-11-5-6-12-23)15-7-3-2-4-8-15/h2-4,7-10,13,18H,5-6,11-12,14H2,1H3,(H,22,24). The summed E-state index contributed by atoms with van der Waals surface area (Å²) >= 11 is 6.04. The number of halogens is 1. The van der Waals surface area contributed by atoms with E-state index in [9.17, 15) is 4.79 Å². The lowest BCUT2D eigenvalue weighted by molar-refractivity contribution is 0.0935. The van der Waals surface area contributed by atoms with E-state index >= 15 is 0 Å². The summed E-state index contributed by atoms with van der Waals surface area (Å²) in [5, 5.41) is 3.58. The number of hydrogen-bond acceptors (Lipinski definition) is 3. The predicted molar refractivity (Wildman–Crippen MR) is 100 cm³/mol. The molecule has 0 spiro atoms. The maximum Gasteiger partial charge on any atom is 0.255 e. The van der Waals surface area contributed by atoms with E-state index < -0.39 is 0 Å². The number of ether oxygens (including phenoxy) is 1. The maximum absolute atomic E-state index is 12.7. The van der Waals surface area contributed by atoms with Gasteiger partial charge in [-0.1, -0.05) is 41.9 Å². The number of benzene rings is 2. The van der Waals surface area contributed by atoms with Crippen molar-refractivity contribution in [1.29, 1.82) is 0 Å². The van der Waals surface area contributed by atoms with Crippen molar-refractivity contribution in [3.8, 4) is 5.75 Å². The third-order valence-electron chi connectivity index (χ3n) is 4.63. The van der Waals surface area contributed by atoms with Gasteiger partial charge in [0.2, 0.25) is 0 Å². The second-order valence-electron chi connectivity index (χ2n) is 6.22. The number of carbonyl (C=O) groups excluding carboxylic acids is 1. The molecule has 132 valence electrons. The number of amides is 1. The van der Waals surface area contributed by atoms with Crippen molar-refractivity contribution in [2.75, 3.05) is 26.7 Å². The summed E-state index contributed by atoms with van der Waals surface area (Å²) < 4.78 is 5.28. The molecule has 1 unspecified atom stereocenters. The van der Waals surface area contributed by atoms with Gasteiger partial charge in [-0.2, -0.15) is 0 Å². The van der Waals surface area contributed by atoms with Crippen LogP contribution >= 0.6 is 11.6 Å². The molecule has 2 aromatic carbocycles. The summed E-state index contributed by atoms with van der Waals surface area (Å²) in [4.78, 5) is 15.1. The van der Waals surface area contributed by atoms with Crippen LogP contribution in [0.4, 0.5) is 0 Å². The fourth-order valence-corrected chi connectivity index (χ4v) is 3.50. The fourth-order valence-electron chi connectivity index (χ4n) is 3.33. The van der Waals surface area contributed by atoms with Crippen molar-refractivity contribution < 1.29 is 9.53 Å². The molecule has 1 aliphatic rings. The molecule has 25 heavy (non-hydrogen) atoms. The highest BCUT2D eigenvalue weighted by atomic mass is 35.5. The van der Waals surface area contributed by atoms with Crippen LogP contribution in [-0.4, -0.2) is 37.6 Å². The van der Waals surface area contributed by atoms with E-state index in [0.29, 0.717) is 22.9 Å². The Bertz CT molecular complexity index is 715. The molecule has 1 aliphatic heterocycles. The Hall–Kier alpha value is -2.04. The smallest absolute Gasteiger partial charge is 0.255 e. The van der Waals surface area contributed by atoms with Gasteiger partial charge >= 0.3 is 0 Å². The number of likely N-dealkylation sites (tertiary alicyclic amines) is 1. The van der Waals surface area contributed by atoms with Crippen molar-refractivity contribution in [3.63, 3.8) is 0 Å². The van der Waals surface area contributed by atoms with Gasteiger partial charge in [0.1, 0.15) is 5.75 Å². The van der Waals surface area contributed by atoms with E-state index in [-0.39, 0.29) is 11.9 Å². The first-order valence-corrected chi connectivity index (χ1v) is 8.97. The first-order chi connectivity index (χ1) is 12.2. The lowest BCUT2D eigenvalue weighted by atomic mass is 10.1. The Labute approximate surface area is 153 Å². The van der Waals surface area contributed by atoms with Crippen molar-refractivity contribution in [1.82, 2.24) is 10.2 Å². The molecule has 0 aromatic heterocycles. The van der Waals surface area contributed by atoms with Gasteiger partial charge in [-0.05, 0) is 49.7 Å². The average molecular weight is 359 g/mol. The summed E-state index contributed by atoms with van der Waals surface area (Å²) in [6, 6.07) is 15.6. The molecule has 5 heteroatoms. The lowest BCUT2D eigenvalue weighted by Crippen LogP contribution is -2.36. The summed E-state index contributed by atoms with van der Waals surface area (Å²) in [5.41, 5.74) is 1.69. The molecule has 1 atom stereocenters. The molecule has 0 radical (unpaired) electrons. The Morgan fingerprint density at radius 3 is 2.60 bits per heavy atom. The van der Waals surface area contributed by atoms with Crippen LogP contribution in [-0.2, 0) is 0 Å². The highest BCUT2D eigenvalue weighted by molar-refractivity contribution is 6.31. The molecule has 4 nitrogen and oxygen atoms in total. The number of nitrogens with one attached hydrogen (secondary N) is 1. The van der Waals surface area contributed by atoms with E-state index in [4.69, 9.17) is 16.3 Å². The second kappa shape index (κ2) is 8.37. The second-order valence-corrected chi connectivity index (χ2v) is 6.66. The summed E-state index contributed by atoms with van der Waals surface area (Å²) in [6.07, 6.45) is 2.42. The molecule has 1 heterocycles. The molecule has 1 N–H and O–H groups in total. The Balaban J connectivity index is 1.75. The molecule has 0 bridgehead atoms. The molecular weight excluding hydrogens is 336 g/mol. The van der Waals surface area contributed by atoms with Gasteiger partial charge in [0.25, 0.3) is 5.91 Å². The van der Waals surface area contributed by atoms with Gasteiger partial charge in [0.15, 0.2) is 0 Å². The Kier molecular flexibility index (Phi) is 5.95. The monoisotopic (exact) mass is 358 g/mol. The Morgan fingerprint density at radius 1 is 1.20 bits per heavy atom. The van der Waals surface area contributed by atoms with Crippen molar-refractivity contribution in [2.24, 2.45) is 0 Å². The largest absolute Gasteiger partial charge is 0.496 e. The minimum absolute atomic E-state index is 0.167. The van der Waals surface area contributed by atoms with E-state index in [0.717, 1.165) is 13.1 Å². The number of carbonyl (C=O) groups is 1. The van der Waals surface area contributed by atoms with E-state index in [2.05, 4.69) is 22.3 Å². The van der Waals surface area contributed by atoms with E-state index in [1.54, 1.807) is 25.3 Å². The van der Waals surface area contributed by atoms with Crippen molar-refractivity contribution in [2.45, 2.75) is 18.9 Å². The number of methoxy groups -OCH3 is 1. The third kappa shape index (κ3) is 4.33. The van der Waals surface area contributed by atoms with Crippen LogP contribution in [0.25, 0.3) is 0 Å². The van der Waals surface area contributed by atoms with Crippen LogP contribution in [0.1, 0.15) is 34.8 Å². The zero-order chi connectivity index (χ0) is 17.6. The number of nitrogens with zero attached hydrogens (tertiary/aromatic N) is 1. The lowest BCUT2D eigenvalue weighted by Gasteiger charge is -2.28. The minimum Gasteiger partial charge on any atom is -0.496 e. The average Bonchev–Trinajstić information content (AvgIpc) is 3.17. The molecule has 2 aromatic rings. The van der Waals surface area contributed by atoms with Crippen LogP contribution in [0.3, 0.4) is 0 Å². The van der Waals surface area contributed by atoms with Crippen molar-refractivity contribution in [3.05, 3.63) is 64.7 Å². The summed E-state index contributed by atoms with van der Waals surface area (Å²) in [7, 11) is 1.55. The minimum atomic E-state index is -0.167. The zero-order valence-electron chi connectivity index (χ0n) is 14.4. The van der Waals surface area contributed by atoms with Crippen LogP contribution < -0.4 is 10.1 Å². The van der Waals surface area contributed by atoms with Gasteiger partial charge in [-0.25, -0.2) is 0 Å². The van der Waals surface area contributed by atoms with Gasteiger partial charge in [-0.15, -0.1) is 0 Å². The summed E-state index contributed by atoms with van der Waals surface area (Å²) in [6.45, 7) is 2.68. The predicted octanol–water partition coefficient (Wildman–Crippen LogP) is 3.92. The molecule has 0 aliphatic carbocycles. The molecule has 0 saturated carbocycles. The number of hydrogen-bond donors (Lipinski definition) is 1. The van der Waals surface area contributed by atoms with E-state index in [1.807, 2.05) is 18.2 Å². The van der Waals surface area contributed by atoms with Gasteiger partial charge in [0.05, 0.1) is 18.7 Å². The zero-order valence-corrected chi connectivity index (χ0v) is 15.1. The highest BCUT2D eigenvalue weighted by Gasteiger charge is 2.24. The SMILES string of the molecule is COc1ccc(Cl)cc1C(=O)NCC(c1ccccc1)N1CCCC1. The third-order valence-corrected chi connectivity index (χ3v) is 4.86. The topological polar surface area (TPSA) is 41.6 Å². The first-order valence-electron chi connectivity index (χ1n) is 8.60. The molecule has 1 saturated heterocycles. The Morgan fingerprint density at radius 2 is 1.92 bits per heavy atom. The molecule has 3 rings (SSSR count). The van der Waals surface area contributed by atoms with Gasteiger partial charge < -0.3 is 10.1 Å². The summed E-state index contributed by atoms with van der Waals surface area (Å²) in [5.74, 6) is 0.360. The molecular formula is C20H23ClN2O2.